The van der Waals surface area contributed by atoms with Crippen molar-refractivity contribution < 1.29 is 4.74 Å². The number of H-pyrrole nitrogens is 1. The van der Waals surface area contributed by atoms with Gasteiger partial charge in [-0.2, -0.15) is 10.1 Å². The second-order valence-corrected chi connectivity index (χ2v) is 8.92. The molecule has 0 radical (unpaired) electrons. The van der Waals surface area contributed by atoms with Crippen molar-refractivity contribution in [2.24, 2.45) is 0 Å². The Morgan fingerprint density at radius 2 is 2.07 bits per heavy atom. The average molecular weight is 431 g/mol. The number of rotatable bonds is 5. The van der Waals surface area contributed by atoms with Gasteiger partial charge in [-0.05, 0) is 38.5 Å². The molecular formula is C21H27ClN6O2. The van der Waals surface area contributed by atoms with Crippen molar-refractivity contribution in [2.45, 2.75) is 32.4 Å². The van der Waals surface area contributed by atoms with Crippen LogP contribution in [0.15, 0.2) is 35.3 Å². The first kappa shape index (κ1) is 20.8. The molecule has 0 aliphatic carbocycles. The number of halogens is 1. The van der Waals surface area contributed by atoms with Crippen molar-refractivity contribution in [2.75, 3.05) is 38.2 Å². The van der Waals surface area contributed by atoms with Gasteiger partial charge in [-0.15, -0.1) is 0 Å². The van der Waals surface area contributed by atoms with Crippen molar-refractivity contribution >= 4 is 28.6 Å². The average Bonchev–Trinajstić information content (AvgIpc) is 3.14. The highest BCUT2D eigenvalue weighted by Gasteiger charge is 2.24. The number of anilines is 1. The summed E-state index contributed by atoms with van der Waals surface area (Å²) in [5, 5.41) is 8.88. The van der Waals surface area contributed by atoms with E-state index in [4.69, 9.17) is 16.3 Å². The lowest BCUT2D eigenvalue weighted by atomic mass is 10.0. The number of hydrogen-bond donors (Lipinski definition) is 2. The molecule has 1 aliphatic rings. The molecule has 1 saturated heterocycles. The predicted octanol–water partition coefficient (Wildman–Crippen LogP) is 3.01. The minimum absolute atomic E-state index is 0.0705. The van der Waals surface area contributed by atoms with Crippen LogP contribution in [0.4, 0.5) is 5.95 Å². The zero-order chi connectivity index (χ0) is 21.3. The Morgan fingerprint density at radius 1 is 1.30 bits per heavy atom. The third-order valence-electron chi connectivity index (χ3n) is 5.26. The van der Waals surface area contributed by atoms with Crippen molar-refractivity contribution in [1.29, 1.82) is 0 Å². The first-order valence-corrected chi connectivity index (χ1v) is 10.5. The Kier molecular flexibility index (Phi) is 5.81. The number of nitrogens with zero attached hydrogens (tertiary/aromatic N) is 4. The molecule has 2 aromatic heterocycles. The lowest BCUT2D eigenvalue weighted by molar-refractivity contribution is 0.0187. The van der Waals surface area contributed by atoms with Crippen LogP contribution in [0.3, 0.4) is 0 Å². The third kappa shape index (κ3) is 4.35. The summed E-state index contributed by atoms with van der Waals surface area (Å²) in [6.45, 7) is 9.72. The molecule has 3 heterocycles. The molecule has 0 bridgehead atoms. The van der Waals surface area contributed by atoms with Crippen molar-refractivity contribution in [3.8, 4) is 0 Å². The van der Waals surface area contributed by atoms with E-state index in [1.807, 2.05) is 39.0 Å². The van der Waals surface area contributed by atoms with Crippen LogP contribution in [0, 0.1) is 0 Å². The zero-order valence-electron chi connectivity index (χ0n) is 17.5. The highest BCUT2D eigenvalue weighted by atomic mass is 35.5. The SMILES string of the molecule is CC(C)(C)n1ncc2c(=O)[nH]c(NCC(c3cccc(Cl)c3)N3CCOCC3)nc21. The second kappa shape index (κ2) is 8.37. The van der Waals surface area contributed by atoms with E-state index >= 15 is 0 Å². The largest absolute Gasteiger partial charge is 0.379 e. The number of ether oxygens (including phenoxy) is 1. The Bertz CT molecular complexity index is 1080. The van der Waals surface area contributed by atoms with Gasteiger partial charge in [0.2, 0.25) is 5.95 Å². The van der Waals surface area contributed by atoms with E-state index in [-0.39, 0.29) is 17.1 Å². The van der Waals surface area contributed by atoms with Crippen LogP contribution in [-0.2, 0) is 10.3 Å². The molecule has 30 heavy (non-hydrogen) atoms. The van der Waals surface area contributed by atoms with Gasteiger partial charge in [0.1, 0.15) is 5.39 Å². The Balaban J connectivity index is 1.63. The summed E-state index contributed by atoms with van der Waals surface area (Å²) in [7, 11) is 0. The highest BCUT2D eigenvalue weighted by molar-refractivity contribution is 6.30. The molecular weight excluding hydrogens is 404 g/mol. The number of aromatic nitrogens is 4. The van der Waals surface area contributed by atoms with Gasteiger partial charge < -0.3 is 10.1 Å². The van der Waals surface area contributed by atoms with E-state index in [1.165, 1.54) is 0 Å². The maximum atomic E-state index is 12.6. The summed E-state index contributed by atoms with van der Waals surface area (Å²) in [5.74, 6) is 0.429. The molecule has 3 aromatic rings. The number of nitrogens with one attached hydrogen (secondary N) is 2. The van der Waals surface area contributed by atoms with Crippen LogP contribution in [0.25, 0.3) is 11.0 Å². The normalized spacial score (nSPS) is 16.7. The fourth-order valence-corrected chi connectivity index (χ4v) is 3.95. The maximum absolute atomic E-state index is 12.6. The van der Waals surface area contributed by atoms with E-state index < -0.39 is 0 Å². The lowest BCUT2D eigenvalue weighted by Crippen LogP contribution is -2.41. The Morgan fingerprint density at radius 3 is 2.77 bits per heavy atom. The van der Waals surface area contributed by atoms with E-state index in [0.29, 0.717) is 41.8 Å². The molecule has 0 amide bonds. The topological polar surface area (TPSA) is 88.1 Å². The monoisotopic (exact) mass is 430 g/mol. The molecule has 2 N–H and O–H groups in total. The number of fused-ring (bicyclic) bond motifs is 1. The van der Waals surface area contributed by atoms with Crippen molar-refractivity contribution in [1.82, 2.24) is 24.6 Å². The fraction of sp³-hybridized carbons (Fsp3) is 0.476. The molecule has 8 nitrogen and oxygen atoms in total. The number of aromatic amines is 1. The van der Waals surface area contributed by atoms with Crippen LogP contribution >= 0.6 is 11.6 Å². The van der Waals surface area contributed by atoms with Crippen LogP contribution < -0.4 is 10.9 Å². The third-order valence-corrected chi connectivity index (χ3v) is 5.49. The van der Waals surface area contributed by atoms with Gasteiger partial charge in [-0.25, -0.2) is 4.68 Å². The first-order valence-electron chi connectivity index (χ1n) is 10.1. The lowest BCUT2D eigenvalue weighted by Gasteiger charge is -2.35. The standard InChI is InChI=1S/C21H27ClN6O2/c1-21(2,3)28-18-16(12-24-28)19(29)26-20(25-18)23-13-17(27-7-9-30-10-8-27)14-5-4-6-15(22)11-14/h4-6,11-12,17H,7-10,13H2,1-3H3,(H2,23,25,26,29). The molecule has 160 valence electrons. The van der Waals surface area contributed by atoms with Gasteiger partial charge in [0.05, 0.1) is 31.0 Å². The summed E-state index contributed by atoms with van der Waals surface area (Å²) in [4.78, 5) is 22.4. The van der Waals surface area contributed by atoms with E-state index in [2.05, 4.69) is 31.3 Å². The molecule has 0 spiro atoms. The number of benzene rings is 1. The van der Waals surface area contributed by atoms with Crippen molar-refractivity contribution in [3.63, 3.8) is 0 Å². The van der Waals surface area contributed by atoms with E-state index in [9.17, 15) is 4.79 Å². The fourth-order valence-electron chi connectivity index (χ4n) is 3.75. The quantitative estimate of drug-likeness (QED) is 0.647. The first-order chi connectivity index (χ1) is 14.3. The summed E-state index contributed by atoms with van der Waals surface area (Å²) in [6, 6.07) is 7.95. The van der Waals surface area contributed by atoms with Gasteiger partial charge in [0.15, 0.2) is 5.65 Å². The van der Waals surface area contributed by atoms with E-state index in [1.54, 1.807) is 10.9 Å². The van der Waals surface area contributed by atoms with Crippen molar-refractivity contribution in [3.05, 3.63) is 51.4 Å². The van der Waals surface area contributed by atoms with Gasteiger partial charge in [0, 0.05) is 24.7 Å². The van der Waals surface area contributed by atoms with Gasteiger partial charge >= 0.3 is 0 Å². The molecule has 1 atom stereocenters. The van der Waals surface area contributed by atoms with Crippen LogP contribution in [0.5, 0.6) is 0 Å². The maximum Gasteiger partial charge on any atom is 0.263 e. The molecule has 9 heteroatoms. The van der Waals surface area contributed by atoms with E-state index in [0.717, 1.165) is 18.7 Å². The predicted molar refractivity (Wildman–Crippen MR) is 118 cm³/mol. The molecule has 1 aliphatic heterocycles. The van der Waals surface area contributed by atoms with Crippen LogP contribution in [0.2, 0.25) is 5.02 Å². The molecule has 1 fully saturated rings. The summed E-state index contributed by atoms with van der Waals surface area (Å²) in [5.41, 5.74) is 1.19. The minimum atomic E-state index is -0.281. The zero-order valence-corrected chi connectivity index (χ0v) is 18.2. The summed E-state index contributed by atoms with van der Waals surface area (Å²) >= 11 is 6.25. The number of morpholine rings is 1. The summed E-state index contributed by atoms with van der Waals surface area (Å²) in [6.07, 6.45) is 1.57. The highest BCUT2D eigenvalue weighted by Crippen LogP contribution is 2.25. The van der Waals surface area contributed by atoms with Crippen LogP contribution in [-0.4, -0.2) is 57.5 Å². The van der Waals surface area contributed by atoms with Crippen LogP contribution in [0.1, 0.15) is 32.4 Å². The Hall–Kier alpha value is -2.42. The van der Waals surface area contributed by atoms with Gasteiger partial charge in [0.25, 0.3) is 5.56 Å². The second-order valence-electron chi connectivity index (χ2n) is 8.48. The smallest absolute Gasteiger partial charge is 0.263 e. The summed E-state index contributed by atoms with van der Waals surface area (Å²) < 4.78 is 7.29. The minimum Gasteiger partial charge on any atom is -0.379 e. The molecule has 1 unspecified atom stereocenters. The molecule has 0 saturated carbocycles. The van der Waals surface area contributed by atoms with Gasteiger partial charge in [-0.3, -0.25) is 14.7 Å². The molecule has 4 rings (SSSR count). The molecule has 1 aromatic carbocycles. The van der Waals surface area contributed by atoms with Gasteiger partial charge in [-0.1, -0.05) is 23.7 Å². The Labute approximate surface area is 180 Å². The number of hydrogen-bond acceptors (Lipinski definition) is 6.